The number of nitrogens with one attached hydrogen (secondary N) is 1. The second-order valence-electron chi connectivity index (χ2n) is 6.03. The normalized spacial score (nSPS) is 23.3. The number of benzene rings is 1. The van der Waals surface area contributed by atoms with Crippen LogP contribution in [0.3, 0.4) is 0 Å². The van der Waals surface area contributed by atoms with Crippen molar-refractivity contribution in [3.05, 3.63) is 35.9 Å². The molecular formula is C17H22NO3-. The van der Waals surface area contributed by atoms with Gasteiger partial charge in [0.05, 0.1) is 12.0 Å². The van der Waals surface area contributed by atoms with Crippen LogP contribution in [0.15, 0.2) is 30.3 Å². The molecule has 1 aromatic rings. The monoisotopic (exact) mass is 288 g/mol. The van der Waals surface area contributed by atoms with Crippen molar-refractivity contribution in [3.63, 3.8) is 0 Å². The van der Waals surface area contributed by atoms with Gasteiger partial charge in [-0.1, -0.05) is 37.3 Å². The van der Waals surface area contributed by atoms with Crippen LogP contribution in [-0.4, -0.2) is 17.9 Å². The zero-order chi connectivity index (χ0) is 15.2. The van der Waals surface area contributed by atoms with Gasteiger partial charge in [-0.15, -0.1) is 0 Å². The summed E-state index contributed by atoms with van der Waals surface area (Å²) in [5, 5.41) is 13.9. The Balaban J connectivity index is 1.93. The lowest BCUT2D eigenvalue weighted by Gasteiger charge is -2.28. The molecule has 114 valence electrons. The first-order valence-corrected chi connectivity index (χ1v) is 7.61. The van der Waals surface area contributed by atoms with Gasteiger partial charge in [-0.2, -0.15) is 0 Å². The molecule has 0 spiro atoms. The smallest absolute Gasteiger partial charge is 0.223 e. The molecule has 4 heteroatoms. The van der Waals surface area contributed by atoms with Crippen molar-refractivity contribution in [1.82, 2.24) is 5.32 Å². The fraction of sp³-hybridized carbons (Fsp3) is 0.529. The Hall–Kier alpha value is -1.84. The molecule has 0 unspecified atom stereocenters. The molecule has 0 bridgehead atoms. The van der Waals surface area contributed by atoms with Crippen LogP contribution in [0.25, 0.3) is 0 Å². The lowest BCUT2D eigenvalue weighted by Crippen LogP contribution is -2.51. The molecule has 1 saturated carbocycles. The molecule has 1 atom stereocenters. The van der Waals surface area contributed by atoms with E-state index in [2.05, 4.69) is 12.2 Å². The molecule has 2 rings (SSSR count). The van der Waals surface area contributed by atoms with E-state index in [1.54, 1.807) is 0 Å². The van der Waals surface area contributed by atoms with Gasteiger partial charge >= 0.3 is 0 Å². The Morgan fingerprint density at radius 1 is 1.19 bits per heavy atom. The number of carboxylic acids is 1. The van der Waals surface area contributed by atoms with Crippen molar-refractivity contribution in [2.24, 2.45) is 11.8 Å². The zero-order valence-corrected chi connectivity index (χ0v) is 12.4. The first-order valence-electron chi connectivity index (χ1n) is 7.61. The molecule has 0 radical (unpaired) electrons. The van der Waals surface area contributed by atoms with E-state index in [-0.39, 0.29) is 18.2 Å². The molecule has 0 saturated heterocycles. The highest BCUT2D eigenvalue weighted by Gasteiger charge is 2.26. The number of aliphatic carboxylic acids is 1. The highest BCUT2D eigenvalue weighted by molar-refractivity contribution is 5.84. The largest absolute Gasteiger partial charge is 0.548 e. The lowest BCUT2D eigenvalue weighted by atomic mass is 9.82. The van der Waals surface area contributed by atoms with Gasteiger partial charge in [0.15, 0.2) is 0 Å². The Labute approximate surface area is 125 Å². The summed E-state index contributed by atoms with van der Waals surface area (Å²) in [6, 6.07) is 8.32. The molecule has 1 aliphatic rings. The summed E-state index contributed by atoms with van der Waals surface area (Å²) in [5.41, 5.74) is 0.879. The summed E-state index contributed by atoms with van der Waals surface area (Å²) in [4.78, 5) is 23.5. The third-order valence-electron chi connectivity index (χ3n) is 4.27. The molecule has 1 aromatic carbocycles. The second-order valence-corrected chi connectivity index (χ2v) is 6.03. The maximum absolute atomic E-state index is 12.2. The van der Waals surface area contributed by atoms with Crippen molar-refractivity contribution in [3.8, 4) is 0 Å². The van der Waals surface area contributed by atoms with Crippen LogP contribution in [0.2, 0.25) is 0 Å². The Kier molecular flexibility index (Phi) is 5.37. The van der Waals surface area contributed by atoms with E-state index in [1.165, 1.54) is 0 Å². The van der Waals surface area contributed by atoms with Crippen LogP contribution in [0.1, 0.15) is 38.2 Å². The van der Waals surface area contributed by atoms with Crippen LogP contribution < -0.4 is 10.4 Å². The number of carboxylic acid groups (broad SMARTS) is 1. The Morgan fingerprint density at radius 3 is 2.38 bits per heavy atom. The minimum Gasteiger partial charge on any atom is -0.548 e. The molecule has 4 nitrogen and oxygen atoms in total. The Morgan fingerprint density at radius 2 is 1.81 bits per heavy atom. The second kappa shape index (κ2) is 7.25. The van der Waals surface area contributed by atoms with Crippen LogP contribution in [-0.2, 0) is 16.0 Å². The van der Waals surface area contributed by atoms with Gasteiger partial charge in [0.2, 0.25) is 5.91 Å². The average molecular weight is 288 g/mol. The summed E-state index contributed by atoms with van der Waals surface area (Å²) in [7, 11) is 0. The van der Waals surface area contributed by atoms with Gasteiger partial charge in [0.1, 0.15) is 0 Å². The van der Waals surface area contributed by atoms with E-state index < -0.39 is 12.0 Å². The summed E-state index contributed by atoms with van der Waals surface area (Å²) < 4.78 is 0. The van der Waals surface area contributed by atoms with Crippen molar-refractivity contribution in [2.45, 2.75) is 45.1 Å². The zero-order valence-electron chi connectivity index (χ0n) is 12.4. The number of hydrogen-bond acceptors (Lipinski definition) is 3. The minimum atomic E-state index is -1.23. The summed E-state index contributed by atoms with van der Waals surface area (Å²) >= 11 is 0. The van der Waals surface area contributed by atoms with Crippen LogP contribution in [0.5, 0.6) is 0 Å². The van der Waals surface area contributed by atoms with Gasteiger partial charge in [-0.25, -0.2) is 0 Å². The summed E-state index contributed by atoms with van der Waals surface area (Å²) in [5.74, 6) is -0.766. The maximum Gasteiger partial charge on any atom is 0.223 e. The number of carbonyl (C=O) groups is 2. The number of carbonyl (C=O) groups excluding carboxylic acids is 2. The molecule has 0 aliphatic heterocycles. The maximum atomic E-state index is 12.2. The molecule has 1 aliphatic carbocycles. The van der Waals surface area contributed by atoms with Gasteiger partial charge < -0.3 is 15.2 Å². The Bertz CT molecular complexity index is 478. The van der Waals surface area contributed by atoms with Gasteiger partial charge in [-0.05, 0) is 43.6 Å². The van der Waals surface area contributed by atoms with E-state index >= 15 is 0 Å². The third kappa shape index (κ3) is 4.59. The molecule has 1 fully saturated rings. The molecule has 1 amide bonds. The van der Waals surface area contributed by atoms with Crippen LogP contribution in [0, 0.1) is 11.8 Å². The fourth-order valence-electron chi connectivity index (χ4n) is 2.85. The van der Waals surface area contributed by atoms with E-state index in [0.717, 1.165) is 31.2 Å². The van der Waals surface area contributed by atoms with Crippen molar-refractivity contribution >= 4 is 11.9 Å². The third-order valence-corrected chi connectivity index (χ3v) is 4.27. The minimum absolute atomic E-state index is 0.0566. The highest BCUT2D eigenvalue weighted by atomic mass is 16.4. The number of rotatable bonds is 5. The summed E-state index contributed by atoms with van der Waals surface area (Å²) in [6.07, 6.45) is 4.02. The van der Waals surface area contributed by atoms with Crippen LogP contribution in [0.4, 0.5) is 0 Å². The first-order chi connectivity index (χ1) is 10.1. The summed E-state index contributed by atoms with van der Waals surface area (Å²) in [6.45, 7) is 2.19. The van der Waals surface area contributed by atoms with E-state index in [1.807, 2.05) is 30.3 Å². The molecule has 1 N–H and O–H groups in total. The standard InChI is InChI=1S/C17H23NO3/c1-12-7-9-14(10-8-12)16(19)18-15(17(20)21)11-13-5-3-2-4-6-13/h2-6,12,14-15H,7-11H2,1H3,(H,18,19)(H,20,21)/p-1/t12?,14?,15-/m0/s1. The van der Waals surface area contributed by atoms with Crippen molar-refractivity contribution < 1.29 is 14.7 Å². The van der Waals surface area contributed by atoms with Gasteiger partial charge in [0.25, 0.3) is 0 Å². The number of amides is 1. The highest BCUT2D eigenvalue weighted by Crippen LogP contribution is 2.28. The van der Waals surface area contributed by atoms with E-state index in [9.17, 15) is 14.7 Å². The van der Waals surface area contributed by atoms with Gasteiger partial charge in [-0.3, -0.25) is 4.79 Å². The van der Waals surface area contributed by atoms with E-state index in [4.69, 9.17) is 0 Å². The van der Waals surface area contributed by atoms with Crippen molar-refractivity contribution in [1.29, 1.82) is 0 Å². The van der Waals surface area contributed by atoms with Crippen LogP contribution >= 0.6 is 0 Å². The quantitative estimate of drug-likeness (QED) is 0.887. The topological polar surface area (TPSA) is 69.2 Å². The molecular weight excluding hydrogens is 266 g/mol. The number of hydrogen-bond donors (Lipinski definition) is 1. The predicted octanol–water partition coefficient (Wildman–Crippen LogP) is 1.29. The first kappa shape index (κ1) is 15.5. The van der Waals surface area contributed by atoms with Gasteiger partial charge in [0, 0.05) is 5.92 Å². The fourth-order valence-corrected chi connectivity index (χ4v) is 2.85. The molecule has 0 aromatic heterocycles. The van der Waals surface area contributed by atoms with Crippen molar-refractivity contribution in [2.75, 3.05) is 0 Å². The average Bonchev–Trinajstić information content (AvgIpc) is 2.48. The molecule has 0 heterocycles. The predicted molar refractivity (Wildman–Crippen MR) is 78.2 cm³/mol. The SMILES string of the molecule is CC1CCC(C(=O)N[C@@H](Cc2ccccc2)C(=O)[O-])CC1. The molecule has 21 heavy (non-hydrogen) atoms. The van der Waals surface area contributed by atoms with E-state index in [0.29, 0.717) is 5.92 Å². The lowest BCUT2D eigenvalue weighted by molar-refractivity contribution is -0.308.